The quantitative estimate of drug-likeness (QED) is 0.347. The molecule has 15 heavy (non-hydrogen) atoms. The van der Waals surface area contributed by atoms with Gasteiger partial charge in [0.25, 0.3) is 0 Å². The molecule has 0 aromatic carbocycles. The summed E-state index contributed by atoms with van der Waals surface area (Å²) in [4.78, 5) is 0. The Kier molecular flexibility index (Phi) is 9.58. The molecule has 3 nitrogen and oxygen atoms in total. The van der Waals surface area contributed by atoms with E-state index < -0.39 is 7.12 Å². The predicted octanol–water partition coefficient (Wildman–Crippen LogP) is 1.71. The van der Waals surface area contributed by atoms with Gasteiger partial charge in [0.15, 0.2) is 0 Å². The van der Waals surface area contributed by atoms with Crippen molar-refractivity contribution in [2.24, 2.45) is 0 Å². The molecular weight excluding hydrogens is 191 g/mol. The van der Waals surface area contributed by atoms with Gasteiger partial charge in [-0.1, -0.05) is 44.3 Å². The normalized spacial score (nSPS) is 13.0. The first kappa shape index (κ1) is 14.4. The summed E-state index contributed by atoms with van der Waals surface area (Å²) in [5.41, 5.74) is 0. The Morgan fingerprint density at radius 1 is 1.40 bits per heavy atom. The van der Waals surface area contributed by atoms with Crippen LogP contribution in [0.4, 0.5) is 0 Å². The van der Waals surface area contributed by atoms with Crippen LogP contribution >= 0.6 is 0 Å². The van der Waals surface area contributed by atoms with Crippen molar-refractivity contribution in [3.05, 3.63) is 24.7 Å². The fourth-order valence-corrected chi connectivity index (χ4v) is 1.25. The molecule has 0 bridgehead atoms. The highest BCUT2D eigenvalue weighted by atomic mass is 16.5. The van der Waals surface area contributed by atoms with Crippen LogP contribution in [0.5, 0.6) is 0 Å². The topological polar surface area (TPSA) is 49.7 Å². The molecule has 0 amide bonds. The Hall–Kier alpha value is -0.575. The standard InChI is InChI=1S/C11H21BO3/c1-3-5-6-7-11(15-10-4-2)8-9-12(13)14/h4,8-9,11,13-14H,2-3,5-7,10H2,1H3/b9-8+. The van der Waals surface area contributed by atoms with Gasteiger partial charge in [-0.15, -0.1) is 6.58 Å². The molecule has 0 aliphatic carbocycles. The minimum atomic E-state index is -1.40. The molecule has 0 aromatic rings. The van der Waals surface area contributed by atoms with Gasteiger partial charge >= 0.3 is 7.12 Å². The second-order valence-corrected chi connectivity index (χ2v) is 3.45. The number of ether oxygens (including phenoxy) is 1. The molecule has 0 rings (SSSR count). The molecule has 0 aliphatic rings. The van der Waals surface area contributed by atoms with Gasteiger partial charge in [-0.05, 0) is 6.42 Å². The highest BCUT2D eigenvalue weighted by molar-refractivity contribution is 6.47. The average molecular weight is 212 g/mol. The van der Waals surface area contributed by atoms with Gasteiger partial charge in [-0.3, -0.25) is 0 Å². The van der Waals surface area contributed by atoms with Gasteiger partial charge < -0.3 is 14.8 Å². The molecule has 0 radical (unpaired) electrons. The highest BCUT2D eigenvalue weighted by Crippen LogP contribution is 2.08. The number of unbranched alkanes of at least 4 members (excludes halogenated alkanes) is 2. The smallest absolute Gasteiger partial charge is 0.424 e. The number of hydrogen-bond acceptors (Lipinski definition) is 3. The zero-order valence-electron chi connectivity index (χ0n) is 9.43. The summed E-state index contributed by atoms with van der Waals surface area (Å²) < 4.78 is 5.46. The van der Waals surface area contributed by atoms with E-state index in [-0.39, 0.29) is 6.10 Å². The largest absolute Gasteiger partial charge is 0.480 e. The molecule has 4 heteroatoms. The van der Waals surface area contributed by atoms with E-state index in [1.54, 1.807) is 12.2 Å². The summed E-state index contributed by atoms with van der Waals surface area (Å²) >= 11 is 0. The Bertz CT molecular complexity index is 181. The van der Waals surface area contributed by atoms with Crippen molar-refractivity contribution in [2.75, 3.05) is 6.61 Å². The van der Waals surface area contributed by atoms with Crippen LogP contribution in [0.2, 0.25) is 0 Å². The van der Waals surface area contributed by atoms with Crippen LogP contribution < -0.4 is 0 Å². The lowest BCUT2D eigenvalue weighted by molar-refractivity contribution is 0.101. The monoisotopic (exact) mass is 212 g/mol. The molecule has 1 unspecified atom stereocenters. The van der Waals surface area contributed by atoms with Gasteiger partial charge in [0, 0.05) is 0 Å². The van der Waals surface area contributed by atoms with Crippen LogP contribution in [-0.2, 0) is 4.74 Å². The zero-order chi connectivity index (χ0) is 11.5. The molecule has 2 N–H and O–H groups in total. The lowest BCUT2D eigenvalue weighted by Gasteiger charge is -2.12. The summed E-state index contributed by atoms with van der Waals surface area (Å²) in [7, 11) is -1.40. The van der Waals surface area contributed by atoms with Crippen molar-refractivity contribution in [3.63, 3.8) is 0 Å². The van der Waals surface area contributed by atoms with Crippen LogP contribution in [0.1, 0.15) is 32.6 Å². The van der Waals surface area contributed by atoms with Crippen molar-refractivity contribution in [3.8, 4) is 0 Å². The third kappa shape index (κ3) is 9.72. The maximum atomic E-state index is 8.69. The molecule has 86 valence electrons. The Labute approximate surface area is 92.6 Å². The van der Waals surface area contributed by atoms with Crippen molar-refractivity contribution < 1.29 is 14.8 Å². The van der Waals surface area contributed by atoms with Crippen molar-refractivity contribution in [1.82, 2.24) is 0 Å². The minimum Gasteiger partial charge on any atom is -0.424 e. The fraction of sp³-hybridized carbons (Fsp3) is 0.636. The minimum absolute atomic E-state index is 0.0450. The molecule has 0 heterocycles. The third-order valence-corrected chi connectivity index (χ3v) is 2.02. The second-order valence-electron chi connectivity index (χ2n) is 3.45. The predicted molar refractivity (Wildman–Crippen MR) is 63.4 cm³/mol. The summed E-state index contributed by atoms with van der Waals surface area (Å²) in [5, 5.41) is 17.4. The fourth-order valence-electron chi connectivity index (χ4n) is 1.25. The van der Waals surface area contributed by atoms with Gasteiger partial charge in [-0.2, -0.15) is 0 Å². The van der Waals surface area contributed by atoms with E-state index in [1.807, 2.05) is 0 Å². The van der Waals surface area contributed by atoms with Gasteiger partial charge in [0.05, 0.1) is 12.7 Å². The Morgan fingerprint density at radius 2 is 2.13 bits per heavy atom. The maximum absolute atomic E-state index is 8.69. The second kappa shape index (κ2) is 9.96. The SMILES string of the molecule is C=CCOC(/C=C/B(O)O)CCCCC. The van der Waals surface area contributed by atoms with Gasteiger partial charge in [0.2, 0.25) is 0 Å². The highest BCUT2D eigenvalue weighted by Gasteiger charge is 2.06. The van der Waals surface area contributed by atoms with E-state index in [1.165, 1.54) is 18.8 Å². The third-order valence-electron chi connectivity index (χ3n) is 2.02. The first-order valence-corrected chi connectivity index (χ1v) is 5.47. The van der Waals surface area contributed by atoms with E-state index in [2.05, 4.69) is 13.5 Å². The lowest BCUT2D eigenvalue weighted by atomic mass is 9.90. The number of hydrogen-bond donors (Lipinski definition) is 2. The molecule has 0 spiro atoms. The summed E-state index contributed by atoms with van der Waals surface area (Å²) in [6, 6.07) is 0. The molecular formula is C11H21BO3. The van der Waals surface area contributed by atoms with Crippen molar-refractivity contribution in [1.29, 1.82) is 0 Å². The molecule has 1 atom stereocenters. The van der Waals surface area contributed by atoms with E-state index in [0.717, 1.165) is 12.8 Å². The first-order valence-electron chi connectivity index (χ1n) is 5.47. The molecule has 0 fully saturated rings. The van der Waals surface area contributed by atoms with Crippen molar-refractivity contribution in [2.45, 2.75) is 38.7 Å². The lowest BCUT2D eigenvalue weighted by Crippen LogP contribution is -2.13. The zero-order valence-corrected chi connectivity index (χ0v) is 9.43. The Balaban J connectivity index is 3.88. The van der Waals surface area contributed by atoms with E-state index in [9.17, 15) is 0 Å². The van der Waals surface area contributed by atoms with Crippen LogP contribution in [0.3, 0.4) is 0 Å². The Morgan fingerprint density at radius 3 is 2.67 bits per heavy atom. The van der Waals surface area contributed by atoms with Gasteiger partial charge in [-0.25, -0.2) is 0 Å². The first-order chi connectivity index (χ1) is 7.20. The molecule has 0 aliphatic heterocycles. The number of rotatable bonds is 9. The van der Waals surface area contributed by atoms with Gasteiger partial charge in [0.1, 0.15) is 0 Å². The maximum Gasteiger partial charge on any atom is 0.480 e. The van der Waals surface area contributed by atoms with Crippen LogP contribution in [-0.4, -0.2) is 29.9 Å². The van der Waals surface area contributed by atoms with E-state index >= 15 is 0 Å². The van der Waals surface area contributed by atoms with E-state index in [0.29, 0.717) is 6.61 Å². The van der Waals surface area contributed by atoms with Crippen LogP contribution in [0.25, 0.3) is 0 Å². The summed E-state index contributed by atoms with van der Waals surface area (Å²) in [6.07, 6.45) is 7.68. The average Bonchev–Trinajstić information content (AvgIpc) is 2.21. The molecule has 0 aromatic heterocycles. The summed E-state index contributed by atoms with van der Waals surface area (Å²) in [5.74, 6) is 1.33. The van der Waals surface area contributed by atoms with Crippen molar-refractivity contribution >= 4 is 7.12 Å². The van der Waals surface area contributed by atoms with Crippen LogP contribution in [0, 0.1) is 0 Å². The summed E-state index contributed by atoms with van der Waals surface area (Å²) in [6.45, 7) is 6.21. The van der Waals surface area contributed by atoms with Crippen LogP contribution in [0.15, 0.2) is 24.7 Å². The molecule has 0 saturated heterocycles. The molecule has 0 saturated carbocycles. The van der Waals surface area contributed by atoms with E-state index in [4.69, 9.17) is 14.8 Å².